The summed E-state index contributed by atoms with van der Waals surface area (Å²) in [5, 5.41) is 0.908. The molecule has 1 aromatic heterocycles. The van der Waals surface area contributed by atoms with Gasteiger partial charge in [-0.1, -0.05) is 11.6 Å². The fourth-order valence-corrected chi connectivity index (χ4v) is 4.35. The minimum Gasteiger partial charge on any atom is -0.369 e. The van der Waals surface area contributed by atoms with Gasteiger partial charge in [-0.05, 0) is 14.0 Å². The molecule has 25 heavy (non-hydrogen) atoms. The molecule has 6 nitrogen and oxygen atoms in total. The van der Waals surface area contributed by atoms with E-state index in [2.05, 4.69) is 21.8 Å². The second-order valence-electron chi connectivity index (χ2n) is 7.09. The molecular formula is C17H21ClFN5O. The number of anilines is 2. The molecular weight excluding hydrogens is 345 g/mol. The van der Waals surface area contributed by atoms with Crippen molar-refractivity contribution in [3.63, 3.8) is 0 Å². The zero-order chi connectivity index (χ0) is 18.0. The van der Waals surface area contributed by atoms with E-state index in [0.717, 1.165) is 19.6 Å². The lowest BCUT2D eigenvalue weighted by Gasteiger charge is -2.40. The highest BCUT2D eigenvalue weighted by Crippen LogP contribution is 2.43. The van der Waals surface area contributed by atoms with Gasteiger partial charge < -0.3 is 14.7 Å². The number of benzene rings is 1. The van der Waals surface area contributed by atoms with E-state index in [1.54, 1.807) is 14.0 Å². The molecule has 1 aromatic carbocycles. The summed E-state index contributed by atoms with van der Waals surface area (Å²) >= 11 is 6.46. The molecule has 2 aliphatic rings. The van der Waals surface area contributed by atoms with Gasteiger partial charge in [-0.15, -0.1) is 0 Å². The van der Waals surface area contributed by atoms with Gasteiger partial charge in [0.05, 0.1) is 27.7 Å². The summed E-state index contributed by atoms with van der Waals surface area (Å²) in [5.74, 6) is 0.214. The smallest absolute Gasteiger partial charge is 0.349 e. The van der Waals surface area contributed by atoms with Gasteiger partial charge in [0, 0.05) is 45.8 Å². The van der Waals surface area contributed by atoms with Gasteiger partial charge in [-0.3, -0.25) is 4.57 Å². The molecule has 1 atom stereocenters. The molecule has 4 rings (SSSR count). The maximum atomic E-state index is 15.2. The third-order valence-electron chi connectivity index (χ3n) is 5.42. The Kier molecular flexibility index (Phi) is 3.70. The monoisotopic (exact) mass is 365 g/mol. The number of fused-ring (bicyclic) bond motifs is 2. The summed E-state index contributed by atoms with van der Waals surface area (Å²) in [7, 11) is 5.59. The lowest BCUT2D eigenvalue weighted by molar-refractivity contribution is 0.268. The standard InChI is InChI=1S/C17H21ClFN5O/c1-9-12(18)14-11-15(13(9)19)22(3)8-10-7-21(2)5-6-24(10)16(11)20-17(25)23(14)4/h10H,5-8H2,1-4H3. The van der Waals surface area contributed by atoms with Crippen LogP contribution < -0.4 is 15.5 Å². The van der Waals surface area contributed by atoms with Crippen LogP contribution >= 0.6 is 11.6 Å². The van der Waals surface area contributed by atoms with Crippen LogP contribution in [0, 0.1) is 12.7 Å². The third kappa shape index (κ3) is 2.25. The average Bonchev–Trinajstić information content (AvgIpc) is 2.67. The van der Waals surface area contributed by atoms with Crippen LogP contribution in [-0.4, -0.2) is 60.8 Å². The van der Waals surface area contributed by atoms with E-state index in [1.165, 1.54) is 4.57 Å². The lowest BCUT2D eigenvalue weighted by Crippen LogP contribution is -2.55. The van der Waals surface area contributed by atoms with Crippen molar-refractivity contribution >= 4 is 34.0 Å². The minimum atomic E-state index is -0.372. The number of rotatable bonds is 0. The van der Waals surface area contributed by atoms with Gasteiger partial charge in [0.25, 0.3) is 0 Å². The maximum absolute atomic E-state index is 15.2. The van der Waals surface area contributed by atoms with Crippen LogP contribution in [0.5, 0.6) is 0 Å². The Morgan fingerprint density at radius 1 is 1.20 bits per heavy atom. The van der Waals surface area contributed by atoms with Crippen molar-refractivity contribution in [3.05, 3.63) is 26.9 Å². The molecule has 0 spiro atoms. The van der Waals surface area contributed by atoms with Gasteiger partial charge in [0.15, 0.2) is 5.82 Å². The molecule has 0 bridgehead atoms. The Morgan fingerprint density at radius 3 is 2.64 bits per heavy atom. The second-order valence-corrected chi connectivity index (χ2v) is 7.47. The van der Waals surface area contributed by atoms with Crippen LogP contribution in [0.1, 0.15) is 5.56 Å². The molecule has 8 heteroatoms. The normalized spacial score (nSPS) is 20.8. The van der Waals surface area contributed by atoms with Crippen molar-refractivity contribution in [2.45, 2.75) is 13.0 Å². The molecule has 1 saturated heterocycles. The molecule has 0 radical (unpaired) electrons. The van der Waals surface area contributed by atoms with E-state index in [1.807, 2.05) is 11.9 Å². The van der Waals surface area contributed by atoms with Crippen LogP contribution in [-0.2, 0) is 7.05 Å². The van der Waals surface area contributed by atoms with Crippen molar-refractivity contribution in [1.29, 1.82) is 0 Å². The Labute approximate surface area is 150 Å². The Hall–Kier alpha value is -1.86. The van der Waals surface area contributed by atoms with Crippen molar-refractivity contribution in [3.8, 4) is 0 Å². The van der Waals surface area contributed by atoms with E-state index in [-0.39, 0.29) is 22.6 Å². The van der Waals surface area contributed by atoms with Crippen LogP contribution in [0.2, 0.25) is 5.02 Å². The fraction of sp³-hybridized carbons (Fsp3) is 0.529. The van der Waals surface area contributed by atoms with Gasteiger partial charge in [0.1, 0.15) is 5.82 Å². The predicted molar refractivity (Wildman–Crippen MR) is 98.6 cm³/mol. The number of aryl methyl sites for hydroxylation is 1. The number of likely N-dealkylation sites (N-methyl/N-ethyl adjacent to an activating group) is 2. The van der Waals surface area contributed by atoms with Crippen LogP contribution in [0.15, 0.2) is 4.79 Å². The second kappa shape index (κ2) is 5.57. The highest BCUT2D eigenvalue weighted by molar-refractivity contribution is 6.37. The quantitative estimate of drug-likeness (QED) is 0.709. The van der Waals surface area contributed by atoms with E-state index in [4.69, 9.17) is 11.6 Å². The van der Waals surface area contributed by atoms with E-state index >= 15 is 4.39 Å². The molecule has 3 heterocycles. The first-order valence-corrected chi connectivity index (χ1v) is 8.73. The first-order valence-electron chi connectivity index (χ1n) is 8.35. The molecule has 0 aliphatic carbocycles. The Bertz CT molecular complexity index is 943. The first-order chi connectivity index (χ1) is 11.8. The number of hydrogen-bond donors (Lipinski definition) is 0. The van der Waals surface area contributed by atoms with Crippen molar-refractivity contribution in [2.24, 2.45) is 7.05 Å². The molecule has 1 unspecified atom stereocenters. The molecule has 0 amide bonds. The average molecular weight is 366 g/mol. The van der Waals surface area contributed by atoms with E-state index in [9.17, 15) is 4.79 Å². The van der Waals surface area contributed by atoms with Gasteiger partial charge >= 0.3 is 5.69 Å². The van der Waals surface area contributed by atoms with Crippen molar-refractivity contribution in [1.82, 2.24) is 14.5 Å². The van der Waals surface area contributed by atoms with Gasteiger partial charge in [-0.2, -0.15) is 4.98 Å². The number of piperazine rings is 1. The third-order valence-corrected chi connectivity index (χ3v) is 5.88. The number of hydrogen-bond acceptors (Lipinski definition) is 5. The predicted octanol–water partition coefficient (Wildman–Crippen LogP) is 1.60. The summed E-state index contributed by atoms with van der Waals surface area (Å²) in [5.41, 5.74) is 1.02. The summed E-state index contributed by atoms with van der Waals surface area (Å²) in [6.45, 7) is 4.77. The fourth-order valence-electron chi connectivity index (χ4n) is 4.05. The Balaban J connectivity index is 2.15. The zero-order valence-electron chi connectivity index (χ0n) is 14.8. The van der Waals surface area contributed by atoms with Crippen LogP contribution in [0.4, 0.5) is 15.9 Å². The van der Waals surface area contributed by atoms with Gasteiger partial charge in [0.2, 0.25) is 0 Å². The van der Waals surface area contributed by atoms with Gasteiger partial charge in [-0.25, -0.2) is 9.18 Å². The summed E-state index contributed by atoms with van der Waals surface area (Å²) < 4.78 is 16.6. The molecule has 2 aromatic rings. The highest BCUT2D eigenvalue weighted by atomic mass is 35.5. The summed E-state index contributed by atoms with van der Waals surface area (Å²) in [4.78, 5) is 23.1. The van der Waals surface area contributed by atoms with Crippen LogP contribution in [0.3, 0.4) is 0 Å². The maximum Gasteiger partial charge on any atom is 0.349 e. The number of aromatic nitrogens is 2. The largest absolute Gasteiger partial charge is 0.369 e. The Morgan fingerprint density at radius 2 is 1.92 bits per heavy atom. The zero-order valence-corrected chi connectivity index (χ0v) is 15.6. The molecule has 1 fully saturated rings. The number of nitrogens with zero attached hydrogens (tertiary/aromatic N) is 5. The molecule has 2 aliphatic heterocycles. The molecule has 0 N–H and O–H groups in total. The summed E-state index contributed by atoms with van der Waals surface area (Å²) in [6, 6.07) is 0.137. The van der Waals surface area contributed by atoms with Crippen molar-refractivity contribution < 1.29 is 4.39 Å². The number of halogens is 2. The molecule has 134 valence electrons. The SMILES string of the molecule is Cc1c(F)c2c3c(nc(=O)n(C)c3c1Cl)N1CCN(C)CC1CN2C. The highest BCUT2D eigenvalue weighted by Gasteiger charge is 2.35. The molecule has 0 saturated carbocycles. The van der Waals surface area contributed by atoms with Crippen LogP contribution in [0.25, 0.3) is 10.9 Å². The summed E-state index contributed by atoms with van der Waals surface area (Å²) in [6.07, 6.45) is 0. The lowest BCUT2D eigenvalue weighted by atomic mass is 10.1. The minimum absolute atomic E-state index is 0.137. The topological polar surface area (TPSA) is 44.6 Å². The van der Waals surface area contributed by atoms with Crippen molar-refractivity contribution in [2.75, 3.05) is 50.1 Å². The first kappa shape index (κ1) is 16.6. The van der Waals surface area contributed by atoms with E-state index in [0.29, 0.717) is 34.5 Å². The van der Waals surface area contributed by atoms with E-state index < -0.39 is 0 Å².